The molecule has 31 heavy (non-hydrogen) atoms. The van der Waals surface area contributed by atoms with Crippen LogP contribution in [0.2, 0.25) is 0 Å². The lowest BCUT2D eigenvalue weighted by molar-refractivity contribution is 0.0746. The van der Waals surface area contributed by atoms with Crippen LogP contribution in [0.1, 0.15) is 56.3 Å². The maximum atomic E-state index is 13.0. The van der Waals surface area contributed by atoms with Gasteiger partial charge in [0.15, 0.2) is 0 Å². The average molecular weight is 452 g/mol. The topological polar surface area (TPSA) is 96.0 Å². The molecule has 0 radical (unpaired) electrons. The third-order valence-electron chi connectivity index (χ3n) is 5.65. The SMILES string of the molecule is CC(C)COC(=O)N1CCCN(C(=O)c2cccc(S(=O)(=O)NC3CCCC3)c2)CC1. The van der Waals surface area contributed by atoms with E-state index >= 15 is 0 Å². The number of nitrogens with one attached hydrogen (secondary N) is 1. The monoisotopic (exact) mass is 451 g/mol. The maximum Gasteiger partial charge on any atom is 0.409 e. The van der Waals surface area contributed by atoms with Crippen molar-refractivity contribution in [3.63, 3.8) is 0 Å². The minimum atomic E-state index is -3.66. The van der Waals surface area contributed by atoms with Crippen molar-refractivity contribution < 1.29 is 22.7 Å². The van der Waals surface area contributed by atoms with Crippen molar-refractivity contribution >= 4 is 22.0 Å². The van der Waals surface area contributed by atoms with Crippen molar-refractivity contribution in [2.45, 2.75) is 56.9 Å². The van der Waals surface area contributed by atoms with E-state index in [1.54, 1.807) is 21.9 Å². The number of ether oxygens (including phenoxy) is 1. The van der Waals surface area contributed by atoms with E-state index in [0.717, 1.165) is 25.7 Å². The van der Waals surface area contributed by atoms with Gasteiger partial charge in [0, 0.05) is 37.8 Å². The van der Waals surface area contributed by atoms with Gasteiger partial charge in [0.25, 0.3) is 5.91 Å². The Labute approximate surface area is 185 Å². The van der Waals surface area contributed by atoms with Gasteiger partial charge >= 0.3 is 6.09 Å². The predicted molar refractivity (Wildman–Crippen MR) is 117 cm³/mol. The number of carbonyl (C=O) groups excluding carboxylic acids is 2. The van der Waals surface area contributed by atoms with Crippen molar-refractivity contribution in [1.29, 1.82) is 0 Å². The molecule has 8 nitrogen and oxygen atoms in total. The lowest BCUT2D eigenvalue weighted by atomic mass is 10.2. The molecule has 1 aliphatic heterocycles. The first kappa shape index (κ1) is 23.5. The highest BCUT2D eigenvalue weighted by atomic mass is 32.2. The van der Waals surface area contributed by atoms with E-state index in [-0.39, 0.29) is 28.9 Å². The molecule has 2 aliphatic rings. The highest BCUT2D eigenvalue weighted by Gasteiger charge is 2.26. The smallest absolute Gasteiger partial charge is 0.409 e. The molecule has 0 unspecified atom stereocenters. The largest absolute Gasteiger partial charge is 0.449 e. The number of sulfonamides is 1. The Bertz CT molecular complexity index is 881. The van der Waals surface area contributed by atoms with Crippen LogP contribution in [0.3, 0.4) is 0 Å². The fourth-order valence-electron chi connectivity index (χ4n) is 3.94. The molecule has 1 N–H and O–H groups in total. The van der Waals surface area contributed by atoms with E-state index in [1.807, 2.05) is 13.8 Å². The van der Waals surface area contributed by atoms with Gasteiger partial charge in [-0.3, -0.25) is 4.79 Å². The van der Waals surface area contributed by atoms with Gasteiger partial charge in [-0.1, -0.05) is 32.8 Å². The lowest BCUT2D eigenvalue weighted by Crippen LogP contribution is -2.38. The van der Waals surface area contributed by atoms with Gasteiger partial charge < -0.3 is 14.5 Å². The summed E-state index contributed by atoms with van der Waals surface area (Å²) in [5.74, 6) is 0.0380. The number of nitrogens with zero attached hydrogens (tertiary/aromatic N) is 2. The molecule has 1 aromatic carbocycles. The molecule has 0 spiro atoms. The highest BCUT2D eigenvalue weighted by Crippen LogP contribution is 2.21. The molecule has 2 fully saturated rings. The molecule has 0 atom stereocenters. The number of hydrogen-bond acceptors (Lipinski definition) is 5. The predicted octanol–water partition coefficient (Wildman–Crippen LogP) is 2.85. The van der Waals surface area contributed by atoms with Gasteiger partial charge in [0.2, 0.25) is 10.0 Å². The second-order valence-electron chi connectivity index (χ2n) is 8.73. The van der Waals surface area contributed by atoms with E-state index in [1.165, 1.54) is 12.1 Å². The van der Waals surface area contributed by atoms with Crippen LogP contribution < -0.4 is 4.72 Å². The molecule has 1 saturated carbocycles. The zero-order valence-electron chi connectivity index (χ0n) is 18.4. The van der Waals surface area contributed by atoms with Gasteiger partial charge in [0.05, 0.1) is 11.5 Å². The van der Waals surface area contributed by atoms with Gasteiger partial charge in [-0.05, 0) is 43.4 Å². The third kappa shape index (κ3) is 6.43. The second kappa shape index (κ2) is 10.5. The Balaban J connectivity index is 1.63. The Kier molecular flexibility index (Phi) is 7.94. The highest BCUT2D eigenvalue weighted by molar-refractivity contribution is 7.89. The normalized spacial score (nSPS) is 18.3. The molecule has 1 saturated heterocycles. The molecule has 1 aliphatic carbocycles. The van der Waals surface area contributed by atoms with E-state index in [0.29, 0.717) is 44.8 Å². The number of benzene rings is 1. The summed E-state index contributed by atoms with van der Waals surface area (Å²) in [7, 11) is -3.66. The number of rotatable bonds is 6. The molecule has 172 valence electrons. The number of hydrogen-bond donors (Lipinski definition) is 1. The van der Waals surface area contributed by atoms with Crippen LogP contribution in [0.15, 0.2) is 29.2 Å². The van der Waals surface area contributed by atoms with E-state index in [2.05, 4.69) is 4.72 Å². The van der Waals surface area contributed by atoms with E-state index < -0.39 is 10.0 Å². The van der Waals surface area contributed by atoms with Crippen LogP contribution in [0.4, 0.5) is 4.79 Å². The molecule has 3 rings (SSSR count). The Morgan fingerprint density at radius 1 is 1.06 bits per heavy atom. The fraction of sp³-hybridized carbons (Fsp3) is 0.636. The van der Waals surface area contributed by atoms with Crippen LogP contribution in [0, 0.1) is 5.92 Å². The number of amides is 2. The van der Waals surface area contributed by atoms with Crippen LogP contribution in [-0.2, 0) is 14.8 Å². The zero-order valence-corrected chi connectivity index (χ0v) is 19.2. The van der Waals surface area contributed by atoms with Crippen molar-refractivity contribution in [2.24, 2.45) is 5.92 Å². The average Bonchev–Trinajstić information content (AvgIpc) is 3.11. The van der Waals surface area contributed by atoms with Gasteiger partial charge in [-0.15, -0.1) is 0 Å². The zero-order chi connectivity index (χ0) is 22.4. The van der Waals surface area contributed by atoms with Crippen molar-refractivity contribution in [3.8, 4) is 0 Å². The maximum absolute atomic E-state index is 13.0. The second-order valence-corrected chi connectivity index (χ2v) is 10.4. The van der Waals surface area contributed by atoms with Crippen molar-refractivity contribution in [3.05, 3.63) is 29.8 Å². The minimum absolute atomic E-state index is 0.0311. The molecule has 0 aromatic heterocycles. The van der Waals surface area contributed by atoms with Crippen molar-refractivity contribution in [2.75, 3.05) is 32.8 Å². The van der Waals surface area contributed by atoms with E-state index in [9.17, 15) is 18.0 Å². The van der Waals surface area contributed by atoms with Gasteiger partial charge in [0.1, 0.15) is 0 Å². The lowest BCUT2D eigenvalue weighted by Gasteiger charge is -2.22. The summed E-state index contributed by atoms with van der Waals surface area (Å²) < 4.78 is 33.5. The molecule has 1 heterocycles. The Morgan fingerprint density at radius 3 is 2.45 bits per heavy atom. The summed E-state index contributed by atoms with van der Waals surface area (Å²) >= 11 is 0. The van der Waals surface area contributed by atoms with Crippen LogP contribution in [-0.4, -0.2) is 69.0 Å². The third-order valence-corrected chi connectivity index (χ3v) is 7.17. The standard InChI is InChI=1S/C22H33N3O5S/c1-17(2)16-30-22(27)25-12-6-11-24(13-14-25)21(26)18-7-5-10-20(15-18)31(28,29)23-19-8-3-4-9-19/h5,7,10,15,17,19,23H,3-4,6,8-9,11-14,16H2,1-2H3. The van der Waals surface area contributed by atoms with Crippen molar-refractivity contribution in [1.82, 2.24) is 14.5 Å². The first-order chi connectivity index (χ1) is 14.8. The summed E-state index contributed by atoms with van der Waals surface area (Å²) in [6.07, 6.45) is 4.05. The van der Waals surface area contributed by atoms with Gasteiger partial charge in [-0.25, -0.2) is 17.9 Å². The van der Waals surface area contributed by atoms with Crippen LogP contribution >= 0.6 is 0 Å². The fourth-order valence-corrected chi connectivity index (χ4v) is 5.29. The Hall–Kier alpha value is -2.13. The summed E-state index contributed by atoms with van der Waals surface area (Å²) in [5, 5.41) is 0. The Morgan fingerprint density at radius 2 is 1.74 bits per heavy atom. The summed E-state index contributed by atoms with van der Waals surface area (Å²) in [4.78, 5) is 28.7. The molecule has 2 amide bonds. The van der Waals surface area contributed by atoms with Crippen LogP contribution in [0.5, 0.6) is 0 Å². The minimum Gasteiger partial charge on any atom is -0.449 e. The summed E-state index contributed by atoms with van der Waals surface area (Å²) in [5.41, 5.74) is 0.338. The molecular weight excluding hydrogens is 418 g/mol. The molecular formula is C22H33N3O5S. The molecule has 0 bridgehead atoms. The van der Waals surface area contributed by atoms with Gasteiger partial charge in [-0.2, -0.15) is 0 Å². The number of carbonyl (C=O) groups is 2. The molecule has 1 aromatic rings. The van der Waals surface area contributed by atoms with Crippen LogP contribution in [0.25, 0.3) is 0 Å². The first-order valence-electron chi connectivity index (χ1n) is 11.1. The first-order valence-corrected chi connectivity index (χ1v) is 12.6. The summed E-state index contributed by atoms with van der Waals surface area (Å²) in [6, 6.07) is 6.17. The molecule has 9 heteroatoms. The quantitative estimate of drug-likeness (QED) is 0.717. The van der Waals surface area contributed by atoms with E-state index in [4.69, 9.17) is 4.74 Å². The summed E-state index contributed by atoms with van der Waals surface area (Å²) in [6.45, 7) is 6.14.